The molecule has 0 radical (unpaired) electrons. The number of aromatic nitrogens is 1. The van der Waals surface area contributed by atoms with Crippen LogP contribution in [0.5, 0.6) is 0 Å². The van der Waals surface area contributed by atoms with Crippen LogP contribution >= 0.6 is 11.6 Å². The van der Waals surface area contributed by atoms with Crippen LogP contribution in [-0.2, 0) is 4.74 Å². The Kier molecular flexibility index (Phi) is 4.42. The number of amides is 1. The van der Waals surface area contributed by atoms with Gasteiger partial charge in [-0.05, 0) is 0 Å². The number of hydrogen-bond donors (Lipinski definition) is 1. The molecule has 0 aliphatic heterocycles. The third-order valence-corrected chi connectivity index (χ3v) is 1.93. The van der Waals surface area contributed by atoms with Crippen LogP contribution in [0.25, 0.3) is 0 Å². The van der Waals surface area contributed by atoms with Crippen molar-refractivity contribution in [3.63, 3.8) is 0 Å². The molecule has 0 bridgehead atoms. The molecule has 6 heteroatoms. The van der Waals surface area contributed by atoms with Crippen LogP contribution in [0.4, 0.5) is 0 Å². The summed E-state index contributed by atoms with van der Waals surface area (Å²) in [6.45, 7) is 0.368. The summed E-state index contributed by atoms with van der Waals surface area (Å²) < 4.78 is 9.41. The van der Waals surface area contributed by atoms with E-state index in [4.69, 9.17) is 16.3 Å². The quantitative estimate of drug-likeness (QED) is 0.738. The van der Waals surface area contributed by atoms with Crippen molar-refractivity contribution in [1.82, 2.24) is 10.5 Å². The van der Waals surface area contributed by atoms with Gasteiger partial charge in [-0.15, -0.1) is 11.6 Å². The van der Waals surface area contributed by atoms with Crippen LogP contribution < -0.4 is 5.32 Å². The monoisotopic (exact) mass is 218 g/mol. The number of alkyl halides is 1. The highest BCUT2D eigenvalue weighted by molar-refractivity contribution is 6.18. The maximum absolute atomic E-state index is 11.4. The number of halogens is 1. The summed E-state index contributed by atoms with van der Waals surface area (Å²) in [5, 5.41) is 6.14. The van der Waals surface area contributed by atoms with Gasteiger partial charge in [0.2, 0.25) is 0 Å². The van der Waals surface area contributed by atoms with Crippen molar-refractivity contribution in [2.45, 2.75) is 6.04 Å². The van der Waals surface area contributed by atoms with Gasteiger partial charge < -0.3 is 14.6 Å². The minimum atomic E-state index is -0.318. The van der Waals surface area contributed by atoms with E-state index in [1.54, 1.807) is 7.11 Å². The molecule has 0 aliphatic carbocycles. The van der Waals surface area contributed by atoms with Crippen molar-refractivity contribution in [1.29, 1.82) is 0 Å². The predicted molar refractivity (Wildman–Crippen MR) is 50.4 cm³/mol. The van der Waals surface area contributed by atoms with Crippen LogP contribution in [0, 0.1) is 0 Å². The molecule has 0 fully saturated rings. The van der Waals surface area contributed by atoms with Crippen LogP contribution in [-0.4, -0.2) is 36.7 Å². The predicted octanol–water partition coefficient (Wildman–Crippen LogP) is 0.658. The van der Waals surface area contributed by atoms with Crippen molar-refractivity contribution in [2.24, 2.45) is 0 Å². The van der Waals surface area contributed by atoms with Gasteiger partial charge in [0.1, 0.15) is 6.26 Å². The Morgan fingerprint density at radius 1 is 1.86 bits per heavy atom. The lowest BCUT2D eigenvalue weighted by atomic mass is 10.3. The molecule has 0 aliphatic rings. The Bertz CT molecular complexity index is 276. The van der Waals surface area contributed by atoms with Crippen LogP contribution in [0.1, 0.15) is 10.5 Å². The average molecular weight is 219 g/mol. The van der Waals surface area contributed by atoms with Gasteiger partial charge in [0.15, 0.2) is 5.69 Å². The lowest BCUT2D eigenvalue weighted by molar-refractivity contribution is 0.0898. The number of nitrogens with one attached hydrogen (secondary N) is 1. The van der Waals surface area contributed by atoms with Gasteiger partial charge in [-0.1, -0.05) is 5.16 Å². The highest BCUT2D eigenvalue weighted by atomic mass is 35.5. The van der Waals surface area contributed by atoms with E-state index in [-0.39, 0.29) is 23.5 Å². The highest BCUT2D eigenvalue weighted by Crippen LogP contribution is 1.96. The summed E-state index contributed by atoms with van der Waals surface area (Å²) in [6, 6.07) is 1.26. The van der Waals surface area contributed by atoms with Gasteiger partial charge in [0.05, 0.1) is 12.6 Å². The van der Waals surface area contributed by atoms with Crippen molar-refractivity contribution in [3.8, 4) is 0 Å². The highest BCUT2D eigenvalue weighted by Gasteiger charge is 2.14. The maximum Gasteiger partial charge on any atom is 0.273 e. The zero-order valence-corrected chi connectivity index (χ0v) is 8.45. The number of hydrogen-bond acceptors (Lipinski definition) is 4. The fourth-order valence-corrected chi connectivity index (χ4v) is 1.08. The van der Waals surface area contributed by atoms with E-state index in [9.17, 15) is 4.79 Å². The molecule has 1 rings (SSSR count). The molecule has 0 saturated carbocycles. The van der Waals surface area contributed by atoms with Crippen molar-refractivity contribution in [2.75, 3.05) is 19.6 Å². The first kappa shape index (κ1) is 11.0. The van der Waals surface area contributed by atoms with E-state index in [0.717, 1.165) is 0 Å². The molecule has 1 aromatic rings. The molecule has 5 nitrogen and oxygen atoms in total. The summed E-state index contributed by atoms with van der Waals surface area (Å²) >= 11 is 5.61. The van der Waals surface area contributed by atoms with E-state index in [0.29, 0.717) is 6.61 Å². The van der Waals surface area contributed by atoms with Gasteiger partial charge in [0, 0.05) is 19.1 Å². The standard InChI is InChI=1S/C8H11ClN2O3/c1-13-5-6(4-9)10-8(12)7-2-3-14-11-7/h2-3,6H,4-5H2,1H3,(H,10,12). The lowest BCUT2D eigenvalue weighted by Crippen LogP contribution is -2.39. The molecule has 1 heterocycles. The third kappa shape index (κ3) is 3.01. The number of carbonyl (C=O) groups excluding carboxylic acids is 1. The second-order valence-corrected chi connectivity index (χ2v) is 2.97. The molecule has 1 unspecified atom stereocenters. The zero-order valence-electron chi connectivity index (χ0n) is 7.70. The first-order valence-electron chi connectivity index (χ1n) is 4.04. The van der Waals surface area contributed by atoms with Gasteiger partial charge in [0.25, 0.3) is 5.91 Å². The van der Waals surface area contributed by atoms with Gasteiger partial charge in [-0.25, -0.2) is 0 Å². The largest absolute Gasteiger partial charge is 0.383 e. The number of carbonyl (C=O) groups is 1. The minimum absolute atomic E-state index is 0.217. The average Bonchev–Trinajstić information content (AvgIpc) is 2.69. The fourth-order valence-electron chi connectivity index (χ4n) is 0.915. The fraction of sp³-hybridized carbons (Fsp3) is 0.500. The molecule has 14 heavy (non-hydrogen) atoms. The zero-order chi connectivity index (χ0) is 10.4. The smallest absolute Gasteiger partial charge is 0.273 e. The van der Waals surface area contributed by atoms with Crippen molar-refractivity contribution >= 4 is 17.5 Å². The summed E-state index contributed by atoms with van der Waals surface area (Å²) in [4.78, 5) is 11.4. The first-order chi connectivity index (χ1) is 6.77. The molecular weight excluding hydrogens is 208 g/mol. The first-order valence-corrected chi connectivity index (χ1v) is 4.57. The number of ether oxygens (including phenoxy) is 1. The van der Waals surface area contributed by atoms with Crippen molar-refractivity contribution < 1.29 is 14.1 Å². The number of methoxy groups -OCH3 is 1. The van der Waals surface area contributed by atoms with Crippen LogP contribution in [0.3, 0.4) is 0 Å². The van der Waals surface area contributed by atoms with Crippen LogP contribution in [0.2, 0.25) is 0 Å². The Labute approximate surface area is 86.3 Å². The van der Waals surface area contributed by atoms with Crippen molar-refractivity contribution in [3.05, 3.63) is 18.0 Å². The Morgan fingerprint density at radius 2 is 2.64 bits per heavy atom. The van der Waals surface area contributed by atoms with E-state index in [1.165, 1.54) is 12.3 Å². The van der Waals surface area contributed by atoms with Crippen LogP contribution in [0.15, 0.2) is 16.9 Å². The van der Waals surface area contributed by atoms with E-state index in [2.05, 4.69) is 15.0 Å². The molecule has 1 amide bonds. The maximum atomic E-state index is 11.4. The SMILES string of the molecule is COCC(CCl)NC(=O)c1ccon1. The summed E-state index contributed by atoms with van der Waals surface area (Å²) in [5.41, 5.74) is 0.233. The topological polar surface area (TPSA) is 64.4 Å². The van der Waals surface area contributed by atoms with E-state index in [1.807, 2.05) is 0 Å². The second kappa shape index (κ2) is 5.62. The minimum Gasteiger partial charge on any atom is -0.383 e. The molecule has 78 valence electrons. The molecular formula is C8H11ClN2O3. The van der Waals surface area contributed by atoms with Gasteiger partial charge in [-0.2, -0.15) is 0 Å². The number of nitrogens with zero attached hydrogens (tertiary/aromatic N) is 1. The van der Waals surface area contributed by atoms with E-state index < -0.39 is 0 Å². The molecule has 0 spiro atoms. The summed E-state index contributed by atoms with van der Waals surface area (Å²) in [5.74, 6) is -0.0290. The lowest BCUT2D eigenvalue weighted by Gasteiger charge is -2.13. The normalized spacial score (nSPS) is 12.4. The molecule has 1 aromatic heterocycles. The Morgan fingerprint density at radius 3 is 3.14 bits per heavy atom. The Balaban J connectivity index is 2.47. The van der Waals surface area contributed by atoms with E-state index >= 15 is 0 Å². The number of rotatable bonds is 5. The molecule has 1 atom stereocenters. The molecule has 0 saturated heterocycles. The Hall–Kier alpha value is -1.07. The summed E-state index contributed by atoms with van der Waals surface area (Å²) in [6.07, 6.45) is 1.33. The van der Waals surface area contributed by atoms with Gasteiger partial charge >= 0.3 is 0 Å². The van der Waals surface area contributed by atoms with Gasteiger partial charge in [-0.3, -0.25) is 4.79 Å². The molecule has 0 aromatic carbocycles. The third-order valence-electron chi connectivity index (χ3n) is 1.56. The summed E-state index contributed by atoms with van der Waals surface area (Å²) in [7, 11) is 1.54. The second-order valence-electron chi connectivity index (χ2n) is 2.66. The molecule has 1 N–H and O–H groups in total.